The zero-order valence-electron chi connectivity index (χ0n) is 8.60. The smallest absolute Gasteiger partial charge is 0.0832 e. The molecule has 0 aromatic carbocycles. The second-order valence-corrected chi connectivity index (χ2v) is 5.51. The van der Waals surface area contributed by atoms with Gasteiger partial charge in [-0.2, -0.15) is 0 Å². The van der Waals surface area contributed by atoms with Crippen molar-refractivity contribution in [3.8, 4) is 0 Å². The lowest BCUT2D eigenvalue weighted by Crippen LogP contribution is -2.34. The minimum absolute atomic E-state index is 0.411. The Hall–Kier alpha value is -0.0800. The van der Waals surface area contributed by atoms with Gasteiger partial charge < -0.3 is 10.2 Å². The van der Waals surface area contributed by atoms with Crippen LogP contribution in [0.4, 0.5) is 0 Å². The number of aliphatic hydroxyl groups is 2. The summed E-state index contributed by atoms with van der Waals surface area (Å²) in [6, 6.07) is 0. The molecule has 0 amide bonds. The molecule has 14 heavy (non-hydrogen) atoms. The molecule has 3 fully saturated rings. The summed E-state index contributed by atoms with van der Waals surface area (Å²) in [7, 11) is 0. The fourth-order valence-corrected chi connectivity index (χ4v) is 4.47. The van der Waals surface area contributed by atoms with Crippen molar-refractivity contribution < 1.29 is 10.2 Å². The van der Waals surface area contributed by atoms with Gasteiger partial charge in [-0.3, -0.25) is 0 Å². The van der Waals surface area contributed by atoms with E-state index in [1.165, 1.54) is 25.7 Å². The predicted molar refractivity (Wildman–Crippen MR) is 53.7 cm³/mol. The van der Waals surface area contributed by atoms with Crippen LogP contribution >= 0.6 is 0 Å². The van der Waals surface area contributed by atoms with E-state index >= 15 is 0 Å². The molecular weight excluding hydrogens is 176 g/mol. The fourth-order valence-electron chi connectivity index (χ4n) is 4.47. The third-order valence-corrected chi connectivity index (χ3v) is 4.99. The van der Waals surface area contributed by atoms with Gasteiger partial charge in [-0.25, -0.2) is 0 Å². The Labute approximate surface area is 85.3 Å². The van der Waals surface area contributed by atoms with E-state index in [0.717, 1.165) is 18.8 Å². The molecule has 80 valence electrons. The molecule has 0 radical (unpaired) electrons. The summed E-state index contributed by atoms with van der Waals surface area (Å²) in [4.78, 5) is 0. The van der Waals surface area contributed by atoms with Crippen LogP contribution in [0, 0.1) is 23.7 Å². The standard InChI is InChI=1S/C12H20O2/c13-11-8-5-1-3-7-4-2-6-9(10(7)8)12(11)14/h7-14H,1-6H2/t7?,8-,9+,10?,11+,12-. The molecule has 2 heteroatoms. The van der Waals surface area contributed by atoms with Gasteiger partial charge in [0, 0.05) is 0 Å². The van der Waals surface area contributed by atoms with Crippen LogP contribution in [0.5, 0.6) is 0 Å². The lowest BCUT2D eigenvalue weighted by molar-refractivity contribution is 0.00126. The lowest BCUT2D eigenvalue weighted by Gasteiger charge is -2.40. The maximum atomic E-state index is 9.99. The molecule has 6 atom stereocenters. The second-order valence-electron chi connectivity index (χ2n) is 5.51. The van der Waals surface area contributed by atoms with Crippen LogP contribution < -0.4 is 0 Å². The van der Waals surface area contributed by atoms with E-state index in [2.05, 4.69) is 0 Å². The van der Waals surface area contributed by atoms with E-state index in [0.29, 0.717) is 17.8 Å². The van der Waals surface area contributed by atoms with Gasteiger partial charge in [0.05, 0.1) is 12.2 Å². The Morgan fingerprint density at radius 2 is 1.21 bits per heavy atom. The van der Waals surface area contributed by atoms with Crippen LogP contribution in [0.15, 0.2) is 0 Å². The molecule has 0 aromatic heterocycles. The Balaban J connectivity index is 1.90. The van der Waals surface area contributed by atoms with Crippen LogP contribution in [-0.2, 0) is 0 Å². The molecular formula is C12H20O2. The average Bonchev–Trinajstić information content (AvgIpc) is 2.47. The minimum Gasteiger partial charge on any atom is -0.390 e. The molecule has 0 saturated heterocycles. The van der Waals surface area contributed by atoms with Crippen molar-refractivity contribution in [1.82, 2.24) is 0 Å². The highest BCUT2D eigenvalue weighted by Crippen LogP contribution is 2.54. The molecule has 2 N–H and O–H groups in total. The van der Waals surface area contributed by atoms with Gasteiger partial charge in [0.1, 0.15) is 0 Å². The Kier molecular flexibility index (Phi) is 2.10. The van der Waals surface area contributed by atoms with Crippen LogP contribution in [0.3, 0.4) is 0 Å². The summed E-state index contributed by atoms with van der Waals surface area (Å²) in [5, 5.41) is 20.0. The van der Waals surface area contributed by atoms with E-state index in [1.54, 1.807) is 0 Å². The first-order valence-electron chi connectivity index (χ1n) is 6.15. The normalized spacial score (nSPS) is 57.0. The predicted octanol–water partition coefficient (Wildman–Crippen LogP) is 1.55. The number of aliphatic hydroxyl groups excluding tert-OH is 2. The maximum Gasteiger partial charge on any atom is 0.0832 e. The largest absolute Gasteiger partial charge is 0.390 e. The van der Waals surface area contributed by atoms with Gasteiger partial charge in [0.25, 0.3) is 0 Å². The molecule has 2 nitrogen and oxygen atoms in total. The zero-order valence-corrected chi connectivity index (χ0v) is 8.60. The van der Waals surface area contributed by atoms with E-state index in [-0.39, 0.29) is 0 Å². The third kappa shape index (κ3) is 1.10. The number of hydrogen-bond donors (Lipinski definition) is 2. The minimum atomic E-state index is -0.411. The topological polar surface area (TPSA) is 40.5 Å². The van der Waals surface area contributed by atoms with Crippen molar-refractivity contribution in [1.29, 1.82) is 0 Å². The quantitative estimate of drug-likeness (QED) is 0.617. The van der Waals surface area contributed by atoms with Gasteiger partial charge in [-0.05, 0) is 36.5 Å². The molecule has 2 unspecified atom stereocenters. The number of rotatable bonds is 0. The third-order valence-electron chi connectivity index (χ3n) is 4.99. The van der Waals surface area contributed by atoms with Crippen LogP contribution in [0.1, 0.15) is 38.5 Å². The van der Waals surface area contributed by atoms with E-state index in [1.807, 2.05) is 0 Å². The summed E-state index contributed by atoms with van der Waals surface area (Å²) < 4.78 is 0. The highest BCUT2D eigenvalue weighted by atomic mass is 16.3. The molecule has 3 aliphatic carbocycles. The molecule has 3 rings (SSSR count). The van der Waals surface area contributed by atoms with E-state index in [9.17, 15) is 10.2 Å². The van der Waals surface area contributed by atoms with Crippen LogP contribution in [0.2, 0.25) is 0 Å². The van der Waals surface area contributed by atoms with Crippen LogP contribution in [-0.4, -0.2) is 22.4 Å². The van der Waals surface area contributed by atoms with Gasteiger partial charge in [0.15, 0.2) is 0 Å². The Morgan fingerprint density at radius 1 is 0.714 bits per heavy atom. The SMILES string of the molecule is O[C@@H]1[C@H](O)[C@H]2CCCC3CCC[C@@H]1C32. The highest BCUT2D eigenvalue weighted by molar-refractivity contribution is 5.03. The summed E-state index contributed by atoms with van der Waals surface area (Å²) in [6.45, 7) is 0. The lowest BCUT2D eigenvalue weighted by atomic mass is 9.64. The summed E-state index contributed by atoms with van der Waals surface area (Å²) in [5.41, 5.74) is 0. The zero-order chi connectivity index (χ0) is 9.71. The van der Waals surface area contributed by atoms with Crippen molar-refractivity contribution in [2.45, 2.75) is 50.7 Å². The van der Waals surface area contributed by atoms with Crippen molar-refractivity contribution in [3.63, 3.8) is 0 Å². The Bertz CT molecular complexity index is 206. The highest BCUT2D eigenvalue weighted by Gasteiger charge is 2.53. The summed E-state index contributed by atoms with van der Waals surface area (Å²) >= 11 is 0. The number of hydrogen-bond acceptors (Lipinski definition) is 2. The van der Waals surface area contributed by atoms with Crippen molar-refractivity contribution in [2.75, 3.05) is 0 Å². The fraction of sp³-hybridized carbons (Fsp3) is 1.00. The molecule has 0 spiro atoms. The summed E-state index contributed by atoms with van der Waals surface area (Å²) in [6.07, 6.45) is 6.70. The first-order valence-corrected chi connectivity index (χ1v) is 6.15. The molecule has 3 aliphatic rings. The monoisotopic (exact) mass is 196 g/mol. The first kappa shape index (κ1) is 9.17. The van der Waals surface area contributed by atoms with E-state index in [4.69, 9.17) is 0 Å². The molecule has 0 heterocycles. The van der Waals surface area contributed by atoms with Gasteiger partial charge in [-0.1, -0.05) is 25.7 Å². The van der Waals surface area contributed by atoms with Gasteiger partial charge in [-0.15, -0.1) is 0 Å². The molecule has 0 bridgehead atoms. The van der Waals surface area contributed by atoms with Crippen LogP contribution in [0.25, 0.3) is 0 Å². The van der Waals surface area contributed by atoms with Crippen molar-refractivity contribution in [2.24, 2.45) is 23.7 Å². The van der Waals surface area contributed by atoms with E-state index < -0.39 is 12.2 Å². The molecule has 0 aliphatic heterocycles. The molecule has 3 saturated carbocycles. The first-order chi connectivity index (χ1) is 6.79. The maximum absolute atomic E-state index is 9.99. The Morgan fingerprint density at radius 3 is 1.71 bits per heavy atom. The van der Waals surface area contributed by atoms with Crippen molar-refractivity contribution in [3.05, 3.63) is 0 Å². The van der Waals surface area contributed by atoms with Gasteiger partial charge >= 0.3 is 0 Å². The van der Waals surface area contributed by atoms with Crippen molar-refractivity contribution >= 4 is 0 Å². The second kappa shape index (κ2) is 3.21. The summed E-state index contributed by atoms with van der Waals surface area (Å²) in [5.74, 6) is 2.32. The average molecular weight is 196 g/mol. The molecule has 0 aromatic rings. The van der Waals surface area contributed by atoms with Gasteiger partial charge in [0.2, 0.25) is 0 Å².